The minimum absolute atomic E-state index is 0.0626. The van der Waals surface area contributed by atoms with E-state index in [1.54, 1.807) is 0 Å². The lowest BCUT2D eigenvalue weighted by atomic mass is 9.87. The molecule has 134 valence electrons. The van der Waals surface area contributed by atoms with Gasteiger partial charge in [0.2, 0.25) is 0 Å². The van der Waals surface area contributed by atoms with Crippen LogP contribution in [0.4, 0.5) is 0 Å². The first kappa shape index (κ1) is 18.7. The van der Waals surface area contributed by atoms with Gasteiger partial charge < -0.3 is 15.0 Å². The Morgan fingerprint density at radius 3 is 2.57 bits per heavy atom. The predicted octanol–water partition coefficient (Wildman–Crippen LogP) is 3.07. The summed E-state index contributed by atoms with van der Waals surface area (Å²) in [7, 11) is 1.50. The highest BCUT2D eigenvalue weighted by Gasteiger charge is 2.29. The van der Waals surface area contributed by atoms with Gasteiger partial charge in [-0.15, -0.1) is 0 Å². The number of esters is 1. The van der Waals surface area contributed by atoms with Crippen molar-refractivity contribution in [3.63, 3.8) is 0 Å². The van der Waals surface area contributed by atoms with Crippen molar-refractivity contribution in [3.8, 4) is 0 Å². The van der Waals surface area contributed by atoms with Crippen LogP contribution in [-0.4, -0.2) is 50.2 Å². The number of carbonyl (C=O) groups is 1. The minimum Gasteiger partial charge on any atom is -0.469 e. The Balaban J connectivity index is 1.83. The highest BCUT2D eigenvalue weighted by Crippen LogP contribution is 2.25. The van der Waals surface area contributed by atoms with Gasteiger partial charge in [0.05, 0.1) is 7.11 Å². The van der Waals surface area contributed by atoms with E-state index in [-0.39, 0.29) is 5.97 Å². The highest BCUT2D eigenvalue weighted by molar-refractivity contribution is 5.69. The van der Waals surface area contributed by atoms with Gasteiger partial charge in [0, 0.05) is 32.1 Å². The van der Waals surface area contributed by atoms with Crippen LogP contribution in [-0.2, 0) is 9.53 Å². The van der Waals surface area contributed by atoms with Crippen LogP contribution < -0.4 is 5.32 Å². The summed E-state index contributed by atoms with van der Waals surface area (Å²) in [6.45, 7) is 8.99. The fraction of sp³-hybridized carbons (Fsp3) is 0.947. The second kappa shape index (κ2) is 9.63. The monoisotopic (exact) mass is 324 g/mol. The van der Waals surface area contributed by atoms with Crippen LogP contribution >= 0.6 is 0 Å². The fourth-order valence-electron chi connectivity index (χ4n) is 4.31. The minimum atomic E-state index is -0.0626. The number of piperidine rings is 1. The van der Waals surface area contributed by atoms with Crippen molar-refractivity contribution in [3.05, 3.63) is 0 Å². The molecule has 0 spiro atoms. The SMILES string of the molecule is COC(=O)CC1CC(NCC2CCCCC2)CN(CC(C)C)C1. The maximum Gasteiger partial charge on any atom is 0.305 e. The van der Waals surface area contributed by atoms with Gasteiger partial charge in [-0.3, -0.25) is 4.79 Å². The Morgan fingerprint density at radius 1 is 1.17 bits per heavy atom. The summed E-state index contributed by atoms with van der Waals surface area (Å²) in [4.78, 5) is 14.2. The Hall–Kier alpha value is -0.610. The molecule has 0 aromatic heterocycles. The van der Waals surface area contributed by atoms with Crippen molar-refractivity contribution in [2.75, 3.05) is 33.3 Å². The van der Waals surface area contributed by atoms with E-state index in [4.69, 9.17) is 4.74 Å². The highest BCUT2D eigenvalue weighted by atomic mass is 16.5. The third kappa shape index (κ3) is 6.80. The van der Waals surface area contributed by atoms with E-state index >= 15 is 0 Å². The van der Waals surface area contributed by atoms with Crippen molar-refractivity contribution in [2.45, 2.75) is 64.8 Å². The molecule has 2 atom stereocenters. The van der Waals surface area contributed by atoms with Crippen LogP contribution in [0, 0.1) is 17.8 Å². The second-order valence-electron chi connectivity index (χ2n) is 8.10. The molecule has 0 aromatic rings. The number of rotatable bonds is 7. The summed E-state index contributed by atoms with van der Waals surface area (Å²) in [6.07, 6.45) is 8.68. The lowest BCUT2D eigenvalue weighted by Crippen LogP contribution is -2.51. The molecule has 1 aliphatic carbocycles. The first-order valence-electron chi connectivity index (χ1n) is 9.59. The lowest BCUT2D eigenvalue weighted by Gasteiger charge is -2.39. The zero-order chi connectivity index (χ0) is 16.7. The molecule has 0 bridgehead atoms. The Bertz CT molecular complexity index is 353. The smallest absolute Gasteiger partial charge is 0.305 e. The number of ether oxygens (including phenoxy) is 1. The Labute approximate surface area is 142 Å². The Morgan fingerprint density at radius 2 is 1.91 bits per heavy atom. The molecule has 2 fully saturated rings. The number of nitrogens with zero attached hydrogens (tertiary/aromatic N) is 1. The molecule has 2 aliphatic rings. The van der Waals surface area contributed by atoms with Crippen molar-refractivity contribution < 1.29 is 9.53 Å². The zero-order valence-electron chi connectivity index (χ0n) is 15.4. The van der Waals surface area contributed by atoms with Crippen molar-refractivity contribution in [1.82, 2.24) is 10.2 Å². The number of hydrogen-bond donors (Lipinski definition) is 1. The summed E-state index contributed by atoms with van der Waals surface area (Å²) >= 11 is 0. The Kier molecular flexibility index (Phi) is 7.84. The number of hydrogen-bond acceptors (Lipinski definition) is 4. The average Bonchev–Trinajstić information content (AvgIpc) is 2.53. The van der Waals surface area contributed by atoms with Crippen LogP contribution in [0.25, 0.3) is 0 Å². The van der Waals surface area contributed by atoms with Crippen LogP contribution in [0.2, 0.25) is 0 Å². The van der Waals surface area contributed by atoms with Gasteiger partial charge in [-0.1, -0.05) is 33.1 Å². The summed E-state index contributed by atoms with van der Waals surface area (Å²) in [5.74, 6) is 1.90. The molecule has 1 aliphatic heterocycles. The predicted molar refractivity (Wildman–Crippen MR) is 94.4 cm³/mol. The zero-order valence-corrected chi connectivity index (χ0v) is 15.4. The van der Waals surface area contributed by atoms with E-state index in [0.717, 1.165) is 38.5 Å². The topological polar surface area (TPSA) is 41.6 Å². The van der Waals surface area contributed by atoms with E-state index in [0.29, 0.717) is 24.3 Å². The fourth-order valence-corrected chi connectivity index (χ4v) is 4.31. The molecule has 2 rings (SSSR count). The van der Waals surface area contributed by atoms with Gasteiger partial charge in [-0.2, -0.15) is 0 Å². The molecule has 4 heteroatoms. The van der Waals surface area contributed by atoms with Crippen LogP contribution in [0.1, 0.15) is 58.8 Å². The molecular formula is C19H36N2O2. The third-order valence-electron chi connectivity index (χ3n) is 5.34. The number of carbonyl (C=O) groups excluding carboxylic acids is 1. The maximum atomic E-state index is 11.7. The number of nitrogens with one attached hydrogen (secondary N) is 1. The molecule has 2 unspecified atom stereocenters. The molecule has 0 radical (unpaired) electrons. The van der Waals surface area contributed by atoms with Crippen LogP contribution in [0.5, 0.6) is 0 Å². The van der Waals surface area contributed by atoms with Gasteiger partial charge in [-0.25, -0.2) is 0 Å². The molecule has 1 saturated heterocycles. The van der Waals surface area contributed by atoms with E-state index < -0.39 is 0 Å². The molecular weight excluding hydrogens is 288 g/mol. The second-order valence-corrected chi connectivity index (χ2v) is 8.10. The quantitative estimate of drug-likeness (QED) is 0.731. The molecule has 1 heterocycles. The van der Waals surface area contributed by atoms with Crippen molar-refractivity contribution >= 4 is 5.97 Å². The molecule has 0 amide bonds. The number of methoxy groups -OCH3 is 1. The van der Waals surface area contributed by atoms with E-state index in [2.05, 4.69) is 24.1 Å². The maximum absolute atomic E-state index is 11.7. The summed E-state index contributed by atoms with van der Waals surface area (Å²) in [5.41, 5.74) is 0. The van der Waals surface area contributed by atoms with Gasteiger partial charge >= 0.3 is 5.97 Å². The first-order chi connectivity index (χ1) is 11.1. The molecule has 1 N–H and O–H groups in total. The van der Waals surface area contributed by atoms with Gasteiger partial charge in [-0.05, 0) is 43.6 Å². The molecule has 23 heavy (non-hydrogen) atoms. The van der Waals surface area contributed by atoms with Gasteiger partial charge in [0.1, 0.15) is 0 Å². The van der Waals surface area contributed by atoms with E-state index in [1.165, 1.54) is 39.2 Å². The van der Waals surface area contributed by atoms with Crippen LogP contribution in [0.3, 0.4) is 0 Å². The molecule has 1 saturated carbocycles. The van der Waals surface area contributed by atoms with E-state index in [9.17, 15) is 4.79 Å². The summed E-state index contributed by atoms with van der Waals surface area (Å²) in [6, 6.07) is 0.527. The lowest BCUT2D eigenvalue weighted by molar-refractivity contribution is -0.142. The molecule has 4 nitrogen and oxygen atoms in total. The standard InChI is InChI=1S/C19H36N2O2/c1-15(2)12-21-13-17(10-19(22)23-3)9-18(14-21)20-11-16-7-5-4-6-8-16/h15-18,20H,4-14H2,1-3H3. The largest absolute Gasteiger partial charge is 0.469 e. The van der Waals surface area contributed by atoms with Gasteiger partial charge in [0.25, 0.3) is 0 Å². The third-order valence-corrected chi connectivity index (χ3v) is 5.34. The van der Waals surface area contributed by atoms with E-state index in [1.807, 2.05) is 0 Å². The summed E-state index contributed by atoms with van der Waals surface area (Å²) in [5, 5.41) is 3.82. The van der Waals surface area contributed by atoms with Crippen molar-refractivity contribution in [2.24, 2.45) is 17.8 Å². The number of likely N-dealkylation sites (tertiary alicyclic amines) is 1. The normalized spacial score (nSPS) is 27.3. The first-order valence-corrected chi connectivity index (χ1v) is 9.59. The summed E-state index contributed by atoms with van der Waals surface area (Å²) < 4.78 is 4.88. The van der Waals surface area contributed by atoms with Gasteiger partial charge in [0.15, 0.2) is 0 Å². The van der Waals surface area contributed by atoms with Crippen LogP contribution in [0.15, 0.2) is 0 Å². The van der Waals surface area contributed by atoms with Crippen molar-refractivity contribution in [1.29, 1.82) is 0 Å². The molecule has 0 aromatic carbocycles. The average molecular weight is 325 g/mol.